The molecule has 0 amide bonds. The van der Waals surface area contributed by atoms with Crippen molar-refractivity contribution in [2.75, 3.05) is 11.5 Å². The molecule has 0 spiro atoms. The molecule has 1 aromatic heterocycles. The summed E-state index contributed by atoms with van der Waals surface area (Å²) in [6.45, 7) is 0. The van der Waals surface area contributed by atoms with Gasteiger partial charge in [-0.15, -0.1) is 0 Å². The number of anilines is 2. The van der Waals surface area contributed by atoms with Gasteiger partial charge < -0.3 is 21.6 Å². The molecule has 1 heterocycles. The Bertz CT molecular complexity index is 266. The first-order valence-corrected chi connectivity index (χ1v) is 2.58. The van der Waals surface area contributed by atoms with Crippen LogP contribution in [0.4, 0.5) is 11.5 Å². The molecule has 0 saturated carbocycles. The van der Waals surface area contributed by atoms with Crippen LogP contribution in [0.15, 0.2) is 6.20 Å². The number of carbonyl (C=O) groups is 1. The predicted molar refractivity (Wildman–Crippen MR) is 36.6 cm³/mol. The van der Waals surface area contributed by atoms with Crippen LogP contribution in [0, 0.1) is 0 Å². The van der Waals surface area contributed by atoms with Gasteiger partial charge >= 0.3 is 5.97 Å². The van der Waals surface area contributed by atoms with Gasteiger partial charge in [-0.05, 0) is 0 Å². The summed E-state index contributed by atoms with van der Waals surface area (Å²) in [5, 5.41) is 8.42. The third-order valence-corrected chi connectivity index (χ3v) is 1.18. The average molecular weight is 141 g/mol. The van der Waals surface area contributed by atoms with Gasteiger partial charge in [0.2, 0.25) is 0 Å². The van der Waals surface area contributed by atoms with Crippen molar-refractivity contribution in [2.45, 2.75) is 0 Å². The lowest BCUT2D eigenvalue weighted by molar-refractivity contribution is 0.0698. The van der Waals surface area contributed by atoms with Gasteiger partial charge in [-0.3, -0.25) is 0 Å². The zero-order valence-electron chi connectivity index (χ0n) is 5.09. The SMILES string of the molecule is Nc1[nH]cc(C(=O)O)c1N. The molecule has 5 heteroatoms. The molecule has 0 aliphatic carbocycles. The summed E-state index contributed by atoms with van der Waals surface area (Å²) in [4.78, 5) is 12.8. The summed E-state index contributed by atoms with van der Waals surface area (Å²) < 4.78 is 0. The largest absolute Gasteiger partial charge is 0.478 e. The highest BCUT2D eigenvalue weighted by molar-refractivity contribution is 5.96. The number of rotatable bonds is 1. The van der Waals surface area contributed by atoms with Crippen LogP contribution in [0.1, 0.15) is 10.4 Å². The average Bonchev–Trinajstić information content (AvgIpc) is 2.14. The van der Waals surface area contributed by atoms with E-state index in [0.717, 1.165) is 0 Å². The van der Waals surface area contributed by atoms with Gasteiger partial charge in [-0.25, -0.2) is 4.79 Å². The fraction of sp³-hybridized carbons (Fsp3) is 0. The molecule has 0 aliphatic heterocycles. The van der Waals surface area contributed by atoms with Crippen LogP contribution in [0.25, 0.3) is 0 Å². The monoisotopic (exact) mass is 141 g/mol. The predicted octanol–water partition coefficient (Wildman–Crippen LogP) is -0.123. The van der Waals surface area contributed by atoms with Crippen LogP contribution in [0.2, 0.25) is 0 Å². The third-order valence-electron chi connectivity index (χ3n) is 1.18. The lowest BCUT2D eigenvalue weighted by Gasteiger charge is -1.90. The molecule has 10 heavy (non-hydrogen) atoms. The molecule has 0 atom stereocenters. The Kier molecular flexibility index (Phi) is 1.26. The normalized spacial score (nSPS) is 9.60. The highest BCUT2D eigenvalue weighted by atomic mass is 16.4. The molecule has 54 valence electrons. The quantitative estimate of drug-likeness (QED) is 0.437. The minimum absolute atomic E-state index is 0.0116. The number of hydrogen-bond donors (Lipinski definition) is 4. The first-order valence-electron chi connectivity index (χ1n) is 2.58. The Morgan fingerprint density at radius 2 is 2.20 bits per heavy atom. The van der Waals surface area contributed by atoms with E-state index in [1.54, 1.807) is 0 Å². The van der Waals surface area contributed by atoms with Crippen LogP contribution in [0.5, 0.6) is 0 Å². The maximum Gasteiger partial charge on any atom is 0.339 e. The van der Waals surface area contributed by atoms with Crippen LogP contribution in [-0.2, 0) is 0 Å². The van der Waals surface area contributed by atoms with Crippen molar-refractivity contribution in [1.82, 2.24) is 4.98 Å². The van der Waals surface area contributed by atoms with Gasteiger partial charge in [-0.2, -0.15) is 0 Å². The number of H-pyrrole nitrogens is 1. The minimum atomic E-state index is -1.08. The van der Waals surface area contributed by atoms with Gasteiger partial charge in [0, 0.05) is 6.20 Å². The van der Waals surface area contributed by atoms with E-state index in [0.29, 0.717) is 0 Å². The van der Waals surface area contributed by atoms with Crippen molar-refractivity contribution >= 4 is 17.5 Å². The number of nitrogens with two attached hydrogens (primary N) is 2. The van der Waals surface area contributed by atoms with E-state index in [4.69, 9.17) is 16.6 Å². The van der Waals surface area contributed by atoms with Crippen molar-refractivity contribution in [1.29, 1.82) is 0 Å². The van der Waals surface area contributed by atoms with E-state index < -0.39 is 5.97 Å². The van der Waals surface area contributed by atoms with Crippen LogP contribution < -0.4 is 11.5 Å². The fourth-order valence-corrected chi connectivity index (χ4v) is 0.627. The fourth-order valence-electron chi connectivity index (χ4n) is 0.627. The number of nitrogens with one attached hydrogen (secondary N) is 1. The van der Waals surface area contributed by atoms with Gasteiger partial charge in [0.25, 0.3) is 0 Å². The lowest BCUT2D eigenvalue weighted by atomic mass is 10.3. The Hall–Kier alpha value is -1.65. The number of nitrogen functional groups attached to an aromatic ring is 2. The Labute approximate surface area is 56.6 Å². The molecule has 0 radical (unpaired) electrons. The lowest BCUT2D eigenvalue weighted by Crippen LogP contribution is -2.00. The molecule has 0 aromatic carbocycles. The highest BCUT2D eigenvalue weighted by Crippen LogP contribution is 2.17. The van der Waals surface area contributed by atoms with E-state index in [1.807, 2.05) is 0 Å². The van der Waals surface area contributed by atoms with Crippen LogP contribution >= 0.6 is 0 Å². The first kappa shape index (κ1) is 6.47. The number of aromatic amines is 1. The number of hydrogen-bond acceptors (Lipinski definition) is 3. The molecule has 0 bridgehead atoms. The maximum absolute atomic E-state index is 10.3. The molecule has 0 saturated heterocycles. The summed E-state index contributed by atoms with van der Waals surface area (Å²) >= 11 is 0. The molecule has 0 fully saturated rings. The minimum Gasteiger partial charge on any atom is -0.478 e. The molecule has 6 N–H and O–H groups in total. The zero-order chi connectivity index (χ0) is 7.72. The van der Waals surface area contributed by atoms with Gasteiger partial charge in [0.15, 0.2) is 0 Å². The maximum atomic E-state index is 10.3. The number of aromatic carboxylic acids is 1. The summed E-state index contributed by atoms with van der Waals surface area (Å²) in [6.07, 6.45) is 1.26. The summed E-state index contributed by atoms with van der Waals surface area (Å²) in [5.74, 6) is -0.886. The molecule has 0 aliphatic rings. The van der Waals surface area contributed by atoms with E-state index >= 15 is 0 Å². The number of carboxylic acid groups (broad SMARTS) is 1. The van der Waals surface area contributed by atoms with Crippen LogP contribution in [0.3, 0.4) is 0 Å². The van der Waals surface area contributed by atoms with E-state index in [1.165, 1.54) is 6.20 Å². The number of carboxylic acids is 1. The van der Waals surface area contributed by atoms with Crippen molar-refractivity contribution in [3.05, 3.63) is 11.8 Å². The highest BCUT2D eigenvalue weighted by Gasteiger charge is 2.10. The Morgan fingerprint density at radius 3 is 2.40 bits per heavy atom. The van der Waals surface area contributed by atoms with Gasteiger partial charge in [0.1, 0.15) is 11.4 Å². The third kappa shape index (κ3) is 0.771. The molecular weight excluding hydrogens is 134 g/mol. The van der Waals surface area contributed by atoms with E-state index in [2.05, 4.69) is 4.98 Å². The van der Waals surface area contributed by atoms with Gasteiger partial charge in [0.05, 0.1) is 5.69 Å². The van der Waals surface area contributed by atoms with Crippen molar-refractivity contribution in [3.63, 3.8) is 0 Å². The second kappa shape index (κ2) is 1.94. The second-order valence-corrected chi connectivity index (χ2v) is 1.83. The van der Waals surface area contributed by atoms with E-state index in [9.17, 15) is 4.79 Å². The molecule has 5 nitrogen and oxygen atoms in total. The first-order chi connectivity index (χ1) is 4.63. The number of aromatic nitrogens is 1. The summed E-state index contributed by atoms with van der Waals surface area (Å²) in [6, 6.07) is 0. The Balaban J connectivity index is 3.17. The molecule has 1 aromatic rings. The topological polar surface area (TPSA) is 105 Å². The molecular formula is C5H7N3O2. The smallest absolute Gasteiger partial charge is 0.339 e. The zero-order valence-corrected chi connectivity index (χ0v) is 5.09. The summed E-state index contributed by atoms with van der Waals surface area (Å²) in [5.41, 5.74) is 10.6. The molecule has 0 unspecified atom stereocenters. The van der Waals surface area contributed by atoms with E-state index in [-0.39, 0.29) is 17.1 Å². The second-order valence-electron chi connectivity index (χ2n) is 1.83. The van der Waals surface area contributed by atoms with Crippen molar-refractivity contribution in [3.8, 4) is 0 Å². The summed E-state index contributed by atoms with van der Waals surface area (Å²) in [7, 11) is 0. The Morgan fingerprint density at radius 1 is 1.60 bits per heavy atom. The standard InChI is InChI=1S/C5H7N3O2/c6-3-2(5(9)10)1-8-4(3)7/h1,8H,6-7H2,(H,9,10). The van der Waals surface area contributed by atoms with Crippen molar-refractivity contribution in [2.24, 2.45) is 0 Å². The van der Waals surface area contributed by atoms with Crippen molar-refractivity contribution < 1.29 is 9.90 Å². The van der Waals surface area contributed by atoms with Crippen LogP contribution in [-0.4, -0.2) is 16.1 Å². The van der Waals surface area contributed by atoms with Gasteiger partial charge in [-0.1, -0.05) is 0 Å². The molecule has 1 rings (SSSR count).